The molecule has 1 aromatic carbocycles. The average molecular weight is 342 g/mol. The van der Waals surface area contributed by atoms with Gasteiger partial charge in [-0.1, -0.05) is 12.7 Å². The zero-order valence-electron chi connectivity index (χ0n) is 13.3. The van der Waals surface area contributed by atoms with E-state index >= 15 is 0 Å². The van der Waals surface area contributed by atoms with Gasteiger partial charge in [0.15, 0.2) is 0 Å². The third-order valence-electron chi connectivity index (χ3n) is 4.13. The molecule has 0 atom stereocenters. The van der Waals surface area contributed by atoms with Crippen molar-refractivity contribution < 1.29 is 22.7 Å². The molecule has 0 saturated carbocycles. The maximum atomic E-state index is 13.0. The number of ether oxygens (including phenoxy) is 1. The summed E-state index contributed by atoms with van der Waals surface area (Å²) in [4.78, 5) is 14.2. The fourth-order valence-electron chi connectivity index (χ4n) is 2.69. The van der Waals surface area contributed by atoms with Crippen LogP contribution in [0.5, 0.6) is 5.75 Å². The highest BCUT2D eigenvalue weighted by molar-refractivity contribution is 5.97. The van der Waals surface area contributed by atoms with Crippen LogP contribution in [0, 0.1) is 5.92 Å². The van der Waals surface area contributed by atoms with Crippen LogP contribution in [-0.2, 0) is 6.18 Å². The van der Waals surface area contributed by atoms with Gasteiger partial charge in [-0.15, -0.1) is 0 Å². The monoisotopic (exact) mass is 342 g/mol. The molecule has 1 heterocycles. The molecule has 24 heavy (non-hydrogen) atoms. The molecule has 2 rings (SSSR count). The minimum atomic E-state index is -4.52. The van der Waals surface area contributed by atoms with Crippen LogP contribution >= 0.6 is 0 Å². The van der Waals surface area contributed by atoms with Crippen molar-refractivity contribution in [2.45, 2.75) is 19.0 Å². The molecule has 0 aromatic heterocycles. The summed E-state index contributed by atoms with van der Waals surface area (Å²) in [5.41, 5.74) is 4.69. The lowest BCUT2D eigenvalue weighted by Crippen LogP contribution is -2.40. The molecule has 7 heteroatoms. The normalized spacial score (nSPS) is 16.1. The van der Waals surface area contributed by atoms with Crippen molar-refractivity contribution in [2.75, 3.05) is 26.2 Å². The highest BCUT2D eigenvalue weighted by atomic mass is 19.4. The molecule has 1 aliphatic rings. The van der Waals surface area contributed by atoms with Gasteiger partial charge in [-0.3, -0.25) is 4.79 Å². The van der Waals surface area contributed by atoms with Crippen LogP contribution in [0.1, 0.15) is 28.8 Å². The van der Waals surface area contributed by atoms with Crippen molar-refractivity contribution in [3.63, 3.8) is 0 Å². The van der Waals surface area contributed by atoms with E-state index in [1.54, 1.807) is 4.90 Å². The smallest absolute Gasteiger partial charge is 0.416 e. The number of halogens is 3. The van der Waals surface area contributed by atoms with Gasteiger partial charge in [0.05, 0.1) is 11.1 Å². The van der Waals surface area contributed by atoms with E-state index in [2.05, 4.69) is 6.58 Å². The molecule has 0 radical (unpaired) electrons. The lowest BCUT2D eigenvalue weighted by atomic mass is 9.96. The number of rotatable bonds is 5. The number of carbonyl (C=O) groups excluding carboxylic acids is 1. The fourth-order valence-corrected chi connectivity index (χ4v) is 2.69. The first-order valence-corrected chi connectivity index (χ1v) is 7.81. The predicted octanol–water partition coefficient (Wildman–Crippen LogP) is 3.08. The van der Waals surface area contributed by atoms with E-state index in [1.165, 1.54) is 12.1 Å². The van der Waals surface area contributed by atoms with Crippen LogP contribution in [0.25, 0.3) is 0 Å². The van der Waals surface area contributed by atoms with Crippen molar-refractivity contribution in [3.05, 3.63) is 42.0 Å². The number of piperidine rings is 1. The highest BCUT2D eigenvalue weighted by Crippen LogP contribution is 2.33. The number of benzene rings is 1. The molecule has 1 aromatic rings. The summed E-state index contributed by atoms with van der Waals surface area (Å²) in [6.07, 6.45) is -1.54. The summed E-state index contributed by atoms with van der Waals surface area (Å²) in [7, 11) is 0. The van der Waals surface area contributed by atoms with Crippen molar-refractivity contribution in [1.29, 1.82) is 0 Å². The Morgan fingerprint density at radius 1 is 1.38 bits per heavy atom. The Labute approximate surface area is 139 Å². The van der Waals surface area contributed by atoms with Crippen LogP contribution in [-0.4, -0.2) is 37.0 Å². The molecule has 0 unspecified atom stereocenters. The van der Waals surface area contributed by atoms with Gasteiger partial charge in [0.25, 0.3) is 5.91 Å². The zero-order valence-corrected chi connectivity index (χ0v) is 13.3. The van der Waals surface area contributed by atoms with Crippen LogP contribution in [0.15, 0.2) is 30.9 Å². The highest BCUT2D eigenvalue weighted by Gasteiger charge is 2.33. The van der Waals surface area contributed by atoms with Crippen molar-refractivity contribution in [2.24, 2.45) is 11.7 Å². The second kappa shape index (κ2) is 7.70. The Kier molecular flexibility index (Phi) is 5.88. The van der Waals surface area contributed by atoms with Gasteiger partial charge in [-0.05, 0) is 43.5 Å². The number of amides is 1. The average Bonchev–Trinajstić information content (AvgIpc) is 2.58. The lowest BCUT2D eigenvalue weighted by molar-refractivity contribution is -0.137. The molecule has 0 bridgehead atoms. The predicted molar refractivity (Wildman–Crippen MR) is 84.8 cm³/mol. The van der Waals surface area contributed by atoms with Gasteiger partial charge in [0.2, 0.25) is 0 Å². The molecule has 1 aliphatic heterocycles. The van der Waals surface area contributed by atoms with E-state index in [0.717, 1.165) is 25.0 Å². The van der Waals surface area contributed by atoms with Crippen molar-refractivity contribution in [1.82, 2.24) is 4.90 Å². The Morgan fingerprint density at radius 2 is 2.04 bits per heavy atom. The summed E-state index contributed by atoms with van der Waals surface area (Å²) in [6.45, 7) is 5.14. The summed E-state index contributed by atoms with van der Waals surface area (Å²) < 4.78 is 44.2. The van der Waals surface area contributed by atoms with Crippen LogP contribution in [0.3, 0.4) is 0 Å². The van der Waals surface area contributed by atoms with Crippen LogP contribution in [0.2, 0.25) is 0 Å². The first kappa shape index (κ1) is 18.3. The fraction of sp³-hybridized carbons (Fsp3) is 0.471. The van der Waals surface area contributed by atoms with Gasteiger partial charge >= 0.3 is 6.18 Å². The van der Waals surface area contributed by atoms with Gasteiger partial charge < -0.3 is 15.4 Å². The lowest BCUT2D eigenvalue weighted by Gasteiger charge is -2.32. The van der Waals surface area contributed by atoms with Crippen molar-refractivity contribution in [3.8, 4) is 5.75 Å². The number of nitrogens with two attached hydrogens (primary N) is 1. The molecular weight excluding hydrogens is 321 g/mol. The number of alkyl halides is 3. The minimum absolute atomic E-state index is 0.0714. The second-order valence-corrected chi connectivity index (χ2v) is 5.78. The Bertz CT molecular complexity index is 594. The van der Waals surface area contributed by atoms with E-state index in [9.17, 15) is 18.0 Å². The van der Waals surface area contributed by atoms with Gasteiger partial charge in [-0.2, -0.15) is 13.2 Å². The molecule has 1 fully saturated rings. The third-order valence-corrected chi connectivity index (χ3v) is 4.13. The second-order valence-electron chi connectivity index (χ2n) is 5.78. The largest absolute Gasteiger partial charge is 0.489 e. The maximum Gasteiger partial charge on any atom is 0.416 e. The molecule has 132 valence electrons. The van der Waals surface area contributed by atoms with E-state index < -0.39 is 17.6 Å². The van der Waals surface area contributed by atoms with Gasteiger partial charge in [0.1, 0.15) is 12.4 Å². The van der Waals surface area contributed by atoms with Crippen LogP contribution < -0.4 is 10.5 Å². The van der Waals surface area contributed by atoms with Gasteiger partial charge in [-0.25, -0.2) is 0 Å². The molecule has 1 amide bonds. The summed E-state index contributed by atoms with van der Waals surface area (Å²) in [6, 6.07) is 2.96. The van der Waals surface area contributed by atoms with E-state index in [-0.39, 0.29) is 17.9 Å². The zero-order chi connectivity index (χ0) is 17.7. The molecule has 0 aliphatic carbocycles. The number of carbonyl (C=O) groups is 1. The Balaban J connectivity index is 2.27. The molecular formula is C17H21F3N2O2. The SMILES string of the molecule is C=CCOc1ccc(C(F)(F)F)cc1C(=O)N1CCC(CN)CC1. The summed E-state index contributed by atoms with van der Waals surface area (Å²) >= 11 is 0. The Morgan fingerprint density at radius 3 is 2.58 bits per heavy atom. The summed E-state index contributed by atoms with van der Waals surface area (Å²) in [5.74, 6) is 0.0385. The first-order chi connectivity index (χ1) is 11.4. The molecule has 4 nitrogen and oxygen atoms in total. The van der Waals surface area contributed by atoms with E-state index in [4.69, 9.17) is 10.5 Å². The first-order valence-electron chi connectivity index (χ1n) is 7.81. The van der Waals surface area contributed by atoms with E-state index in [1.807, 2.05) is 0 Å². The topological polar surface area (TPSA) is 55.6 Å². The maximum absolute atomic E-state index is 13.0. The van der Waals surface area contributed by atoms with E-state index in [0.29, 0.717) is 25.6 Å². The number of nitrogens with zero attached hydrogens (tertiary/aromatic N) is 1. The quantitative estimate of drug-likeness (QED) is 0.837. The molecule has 0 spiro atoms. The summed E-state index contributed by atoms with van der Waals surface area (Å²) in [5, 5.41) is 0. The number of likely N-dealkylation sites (tertiary alicyclic amines) is 1. The number of hydrogen-bond donors (Lipinski definition) is 1. The van der Waals surface area contributed by atoms with Gasteiger partial charge in [0, 0.05) is 13.1 Å². The molecule has 1 saturated heterocycles. The third kappa shape index (κ3) is 4.29. The van der Waals surface area contributed by atoms with Crippen molar-refractivity contribution >= 4 is 5.91 Å². The number of hydrogen-bond acceptors (Lipinski definition) is 3. The minimum Gasteiger partial charge on any atom is -0.489 e. The molecule has 2 N–H and O–H groups in total. The Hall–Kier alpha value is -2.02. The standard InChI is InChI=1S/C17H21F3N2O2/c1-2-9-24-15-4-3-13(17(18,19)20)10-14(15)16(23)22-7-5-12(11-21)6-8-22/h2-4,10,12H,1,5-9,11,21H2. The van der Waals surface area contributed by atoms with Crippen LogP contribution in [0.4, 0.5) is 13.2 Å².